The van der Waals surface area contributed by atoms with Crippen LogP contribution in [0.1, 0.15) is 20.8 Å². The summed E-state index contributed by atoms with van der Waals surface area (Å²) in [6.07, 6.45) is 4.39. The van der Waals surface area contributed by atoms with E-state index in [0.717, 1.165) is 4.90 Å². The maximum absolute atomic E-state index is 12.6. The molecule has 0 saturated heterocycles. The molecule has 0 N–H and O–H groups in total. The summed E-state index contributed by atoms with van der Waals surface area (Å²) < 4.78 is 2.06. The molecule has 0 spiro atoms. The largest absolute Gasteiger partial charge is 0.352 e. The van der Waals surface area contributed by atoms with Crippen molar-refractivity contribution < 1.29 is 14.2 Å². The molecule has 0 saturated carbocycles. The summed E-state index contributed by atoms with van der Waals surface area (Å²) in [7, 11) is 3.37. The van der Waals surface area contributed by atoms with E-state index in [0.29, 0.717) is 18.1 Å². The minimum Gasteiger partial charge on any atom is -0.340 e. The van der Waals surface area contributed by atoms with Gasteiger partial charge in [-0.05, 0) is 38.0 Å². The van der Waals surface area contributed by atoms with Gasteiger partial charge in [0.2, 0.25) is 5.84 Å². The molecule has 1 aliphatic carbocycles. The van der Waals surface area contributed by atoms with Gasteiger partial charge in [-0.2, -0.15) is 4.99 Å². The Labute approximate surface area is 130 Å². The van der Waals surface area contributed by atoms with Crippen LogP contribution in [0.15, 0.2) is 28.3 Å². The molecule has 3 aliphatic rings. The molecule has 0 radical (unpaired) electrons. The van der Waals surface area contributed by atoms with E-state index in [2.05, 4.69) is 35.6 Å². The Morgan fingerprint density at radius 1 is 1.18 bits per heavy atom. The first-order valence-corrected chi connectivity index (χ1v) is 7.51. The number of fused-ring (bicyclic) bond motifs is 2. The van der Waals surface area contributed by atoms with Gasteiger partial charge in [0.15, 0.2) is 6.04 Å². The first kappa shape index (κ1) is 14.7. The average molecular weight is 301 g/mol. The smallest absolute Gasteiger partial charge is 0.340 e. The third kappa shape index (κ3) is 1.86. The molecule has 0 aromatic carbocycles. The van der Waals surface area contributed by atoms with Crippen molar-refractivity contribution in [3.63, 3.8) is 0 Å². The SMILES string of the molecule is CC[N+]1=C2C(=O)N(C)C(=O)N=C2N(C)C2C=C(C)C(C)=CC21. The number of rotatable bonds is 1. The van der Waals surface area contributed by atoms with Crippen molar-refractivity contribution in [1.29, 1.82) is 0 Å². The second-order valence-electron chi connectivity index (χ2n) is 6.01. The predicted octanol–water partition coefficient (Wildman–Crippen LogP) is 1.04. The van der Waals surface area contributed by atoms with Crippen LogP contribution in [0.25, 0.3) is 0 Å². The zero-order valence-electron chi connectivity index (χ0n) is 13.6. The fourth-order valence-corrected chi connectivity index (χ4v) is 3.30. The lowest BCUT2D eigenvalue weighted by molar-refractivity contribution is -0.556. The van der Waals surface area contributed by atoms with Gasteiger partial charge in [0.25, 0.3) is 0 Å². The van der Waals surface area contributed by atoms with Crippen LogP contribution < -0.4 is 0 Å². The molecule has 2 atom stereocenters. The van der Waals surface area contributed by atoms with E-state index in [-0.39, 0.29) is 18.0 Å². The first-order chi connectivity index (χ1) is 10.4. The number of urea groups is 1. The van der Waals surface area contributed by atoms with Gasteiger partial charge in [0.05, 0.1) is 0 Å². The Balaban J connectivity index is 2.25. The highest BCUT2D eigenvalue weighted by molar-refractivity contribution is 6.67. The van der Waals surface area contributed by atoms with E-state index in [1.165, 1.54) is 18.2 Å². The zero-order chi connectivity index (χ0) is 16.2. The van der Waals surface area contributed by atoms with E-state index in [1.807, 2.05) is 18.9 Å². The molecule has 116 valence electrons. The van der Waals surface area contributed by atoms with E-state index in [9.17, 15) is 9.59 Å². The molecule has 2 heterocycles. The van der Waals surface area contributed by atoms with Gasteiger partial charge in [-0.15, -0.1) is 0 Å². The summed E-state index contributed by atoms with van der Waals surface area (Å²) in [5.74, 6) is 0.202. The van der Waals surface area contributed by atoms with Gasteiger partial charge in [-0.3, -0.25) is 9.69 Å². The lowest BCUT2D eigenvalue weighted by Gasteiger charge is -2.39. The lowest BCUT2D eigenvalue weighted by Crippen LogP contribution is -2.64. The normalized spacial score (nSPS) is 28.1. The van der Waals surface area contributed by atoms with E-state index < -0.39 is 6.03 Å². The number of nitrogens with zero attached hydrogens (tertiary/aromatic N) is 4. The summed E-state index contributed by atoms with van der Waals surface area (Å²) in [6.45, 7) is 6.87. The van der Waals surface area contributed by atoms with Crippen LogP contribution in [-0.2, 0) is 4.79 Å². The predicted molar refractivity (Wildman–Crippen MR) is 84.3 cm³/mol. The lowest BCUT2D eigenvalue weighted by atomic mass is 9.89. The van der Waals surface area contributed by atoms with Crippen LogP contribution >= 0.6 is 0 Å². The molecule has 2 aliphatic heterocycles. The molecular weight excluding hydrogens is 280 g/mol. The highest BCUT2D eigenvalue weighted by Gasteiger charge is 2.50. The number of carbonyl (C=O) groups is 2. The highest BCUT2D eigenvalue weighted by Crippen LogP contribution is 2.28. The molecule has 3 rings (SSSR count). The molecular formula is C16H21N4O2+. The number of allylic oxidation sites excluding steroid dienone is 2. The Bertz CT molecular complexity index is 699. The number of likely N-dealkylation sites (N-methyl/N-ethyl adjacent to an activating group) is 2. The van der Waals surface area contributed by atoms with Gasteiger partial charge in [0.1, 0.15) is 12.6 Å². The van der Waals surface area contributed by atoms with Gasteiger partial charge >= 0.3 is 17.6 Å². The van der Waals surface area contributed by atoms with Crippen LogP contribution in [0.3, 0.4) is 0 Å². The molecule has 0 aromatic heterocycles. The standard InChI is InChI=1S/C16H21N4O2/c1-6-20-12-8-10(3)9(2)7-11(12)18(4)14-13(20)15(21)19(5)16(22)17-14/h7-8,11-12H,6H2,1-5H3/q+1. The van der Waals surface area contributed by atoms with Crippen molar-refractivity contribution in [2.75, 3.05) is 20.6 Å². The summed E-state index contributed by atoms with van der Waals surface area (Å²) >= 11 is 0. The van der Waals surface area contributed by atoms with E-state index >= 15 is 0 Å². The molecule has 2 unspecified atom stereocenters. The topological polar surface area (TPSA) is 56.0 Å². The number of amides is 3. The fraction of sp³-hybridized carbons (Fsp3) is 0.500. The number of carbonyl (C=O) groups excluding carboxylic acids is 2. The minimum absolute atomic E-state index is 0.0788. The Morgan fingerprint density at radius 3 is 2.45 bits per heavy atom. The third-order valence-electron chi connectivity index (χ3n) is 4.79. The van der Waals surface area contributed by atoms with Crippen LogP contribution in [0, 0.1) is 0 Å². The fourth-order valence-electron chi connectivity index (χ4n) is 3.30. The highest BCUT2D eigenvalue weighted by atomic mass is 16.2. The van der Waals surface area contributed by atoms with Gasteiger partial charge < -0.3 is 4.90 Å². The van der Waals surface area contributed by atoms with E-state index in [4.69, 9.17) is 0 Å². The molecule has 6 nitrogen and oxygen atoms in total. The molecule has 0 bridgehead atoms. The van der Waals surface area contributed by atoms with Crippen LogP contribution in [0.4, 0.5) is 4.79 Å². The summed E-state index contributed by atoms with van der Waals surface area (Å²) in [4.78, 5) is 31.7. The second-order valence-corrected chi connectivity index (χ2v) is 6.01. The summed E-state index contributed by atoms with van der Waals surface area (Å²) in [6, 6.07) is -0.346. The Kier molecular flexibility index (Phi) is 3.27. The Hall–Kier alpha value is -2.24. The molecule has 3 amide bonds. The maximum atomic E-state index is 12.6. The van der Waals surface area contributed by atoms with Crippen molar-refractivity contribution in [3.8, 4) is 0 Å². The number of imide groups is 1. The van der Waals surface area contributed by atoms with Crippen molar-refractivity contribution in [2.45, 2.75) is 32.9 Å². The van der Waals surface area contributed by atoms with Gasteiger partial charge in [-0.1, -0.05) is 6.08 Å². The number of amidine groups is 1. The van der Waals surface area contributed by atoms with Crippen LogP contribution in [0.2, 0.25) is 0 Å². The zero-order valence-corrected chi connectivity index (χ0v) is 13.6. The van der Waals surface area contributed by atoms with Crippen molar-refractivity contribution in [2.24, 2.45) is 4.99 Å². The van der Waals surface area contributed by atoms with Gasteiger partial charge in [0, 0.05) is 14.1 Å². The quantitative estimate of drug-likeness (QED) is 0.680. The molecule has 0 fully saturated rings. The molecule has 6 heteroatoms. The minimum atomic E-state index is -0.506. The Morgan fingerprint density at radius 2 is 1.82 bits per heavy atom. The monoisotopic (exact) mass is 301 g/mol. The van der Waals surface area contributed by atoms with Crippen LogP contribution in [0.5, 0.6) is 0 Å². The van der Waals surface area contributed by atoms with Crippen molar-refractivity contribution in [1.82, 2.24) is 9.80 Å². The first-order valence-electron chi connectivity index (χ1n) is 7.51. The van der Waals surface area contributed by atoms with E-state index in [1.54, 1.807) is 0 Å². The van der Waals surface area contributed by atoms with Gasteiger partial charge in [-0.25, -0.2) is 9.37 Å². The molecule has 0 aromatic rings. The van der Waals surface area contributed by atoms with Crippen LogP contribution in [-0.4, -0.2) is 70.6 Å². The van der Waals surface area contributed by atoms with Crippen molar-refractivity contribution >= 4 is 23.5 Å². The average Bonchev–Trinajstić information content (AvgIpc) is 2.49. The number of aliphatic imine (C=N–C) groups is 1. The van der Waals surface area contributed by atoms with Crippen molar-refractivity contribution in [3.05, 3.63) is 23.3 Å². The summed E-state index contributed by atoms with van der Waals surface area (Å²) in [5, 5.41) is 0. The maximum Gasteiger partial charge on any atom is 0.352 e. The third-order valence-corrected chi connectivity index (χ3v) is 4.79. The number of hydrogen-bond donors (Lipinski definition) is 0. The second kappa shape index (κ2) is 4.90. The number of hydrogen-bond acceptors (Lipinski definition) is 3. The molecule has 22 heavy (non-hydrogen) atoms. The summed E-state index contributed by atoms with van der Waals surface area (Å²) in [5.41, 5.74) is 2.96.